The van der Waals surface area contributed by atoms with Gasteiger partial charge in [0.15, 0.2) is 0 Å². The van der Waals surface area contributed by atoms with Crippen LogP contribution in [0.1, 0.15) is 0 Å². The molecule has 100 valence electrons. The van der Waals surface area contributed by atoms with E-state index in [1.807, 2.05) is 14.1 Å². The van der Waals surface area contributed by atoms with E-state index < -0.39 is 5.97 Å². The molecule has 2 N–H and O–H groups in total. The van der Waals surface area contributed by atoms with Crippen LogP contribution >= 0.6 is 0 Å². The van der Waals surface area contributed by atoms with Gasteiger partial charge >= 0.3 is 5.97 Å². The van der Waals surface area contributed by atoms with Crippen LogP contribution in [0.25, 0.3) is 0 Å². The summed E-state index contributed by atoms with van der Waals surface area (Å²) in [5.41, 5.74) is 0. The van der Waals surface area contributed by atoms with Crippen LogP contribution in [0.3, 0.4) is 0 Å². The number of aromatic nitrogens is 2. The molecule has 7 heteroatoms. The summed E-state index contributed by atoms with van der Waals surface area (Å²) in [6.45, 7) is 1.57. The lowest BCUT2D eigenvalue weighted by Gasteiger charge is -2.16. The van der Waals surface area contributed by atoms with Gasteiger partial charge in [0.1, 0.15) is 24.5 Å². The predicted molar refractivity (Wildman–Crippen MR) is 70.0 cm³/mol. The molecular weight excluding hydrogens is 234 g/mol. The van der Waals surface area contributed by atoms with Crippen LogP contribution < -0.4 is 10.2 Å². The second-order valence-corrected chi connectivity index (χ2v) is 4.24. The summed E-state index contributed by atoms with van der Waals surface area (Å²) in [5, 5.41) is 11.9. The maximum atomic E-state index is 10.6. The normalized spacial score (nSPS) is 10.4. The summed E-state index contributed by atoms with van der Waals surface area (Å²) in [6.07, 6.45) is 1.42. The van der Waals surface area contributed by atoms with Crippen molar-refractivity contribution in [3.8, 4) is 0 Å². The molecule has 0 radical (unpaired) electrons. The van der Waals surface area contributed by atoms with Crippen molar-refractivity contribution in [1.82, 2.24) is 14.9 Å². The molecule has 0 spiro atoms. The third kappa shape index (κ3) is 4.96. The summed E-state index contributed by atoms with van der Waals surface area (Å²) in [6, 6.07) is 1.73. The zero-order valence-corrected chi connectivity index (χ0v) is 10.9. The van der Waals surface area contributed by atoms with Crippen molar-refractivity contribution in [2.45, 2.75) is 0 Å². The number of nitrogens with zero attached hydrogens (tertiary/aromatic N) is 4. The van der Waals surface area contributed by atoms with Crippen LogP contribution in [0, 0.1) is 0 Å². The molecule has 0 atom stereocenters. The zero-order chi connectivity index (χ0) is 13.5. The molecule has 1 aromatic heterocycles. The highest BCUT2D eigenvalue weighted by molar-refractivity contribution is 5.73. The van der Waals surface area contributed by atoms with E-state index in [4.69, 9.17) is 5.11 Å². The molecule has 1 rings (SSSR count). The fourth-order valence-corrected chi connectivity index (χ4v) is 1.34. The van der Waals surface area contributed by atoms with Gasteiger partial charge in [-0.25, -0.2) is 9.97 Å². The average molecular weight is 253 g/mol. The topological polar surface area (TPSA) is 81.6 Å². The number of anilines is 2. The number of rotatable bonds is 7. The van der Waals surface area contributed by atoms with Crippen molar-refractivity contribution in [2.24, 2.45) is 0 Å². The molecule has 0 aliphatic heterocycles. The Morgan fingerprint density at radius 2 is 2.11 bits per heavy atom. The molecule has 0 saturated carbocycles. The smallest absolute Gasteiger partial charge is 0.323 e. The molecule has 1 heterocycles. The van der Waals surface area contributed by atoms with Gasteiger partial charge in [0, 0.05) is 26.2 Å². The number of likely N-dealkylation sites (N-methyl/N-ethyl adjacent to an activating group) is 2. The molecule has 18 heavy (non-hydrogen) atoms. The highest BCUT2D eigenvalue weighted by Gasteiger charge is 2.07. The molecule has 0 amide bonds. The summed E-state index contributed by atoms with van der Waals surface area (Å²) >= 11 is 0. The Labute approximate surface area is 106 Å². The molecule has 0 aliphatic carbocycles. The van der Waals surface area contributed by atoms with Gasteiger partial charge < -0.3 is 20.2 Å². The first-order chi connectivity index (χ1) is 8.49. The first-order valence-electron chi connectivity index (χ1n) is 5.62. The van der Waals surface area contributed by atoms with E-state index in [1.165, 1.54) is 6.33 Å². The molecule has 0 fully saturated rings. The minimum absolute atomic E-state index is 0.0891. The highest BCUT2D eigenvalue weighted by atomic mass is 16.4. The summed E-state index contributed by atoms with van der Waals surface area (Å²) < 4.78 is 0. The van der Waals surface area contributed by atoms with Crippen LogP contribution in [-0.4, -0.2) is 66.7 Å². The van der Waals surface area contributed by atoms with Crippen LogP contribution in [0.5, 0.6) is 0 Å². The van der Waals surface area contributed by atoms with Gasteiger partial charge in [-0.1, -0.05) is 0 Å². The van der Waals surface area contributed by atoms with Crippen molar-refractivity contribution in [3.05, 3.63) is 12.4 Å². The standard InChI is InChI=1S/C11H19N5O2/c1-15(2)5-4-12-9-6-10(14-8-13-9)16(3)7-11(17)18/h6,8H,4-5,7H2,1-3H3,(H,17,18)(H,12,13,14). The third-order valence-corrected chi connectivity index (χ3v) is 2.28. The Balaban J connectivity index is 2.58. The maximum Gasteiger partial charge on any atom is 0.323 e. The van der Waals surface area contributed by atoms with Crippen LogP contribution in [0.15, 0.2) is 12.4 Å². The fourth-order valence-electron chi connectivity index (χ4n) is 1.34. The van der Waals surface area contributed by atoms with Gasteiger partial charge in [-0.15, -0.1) is 0 Å². The Hall–Kier alpha value is -1.89. The quantitative estimate of drug-likeness (QED) is 0.706. The minimum Gasteiger partial charge on any atom is -0.480 e. The molecule has 0 aliphatic rings. The van der Waals surface area contributed by atoms with Crippen molar-refractivity contribution in [3.63, 3.8) is 0 Å². The van der Waals surface area contributed by atoms with Crippen LogP contribution in [0.2, 0.25) is 0 Å². The average Bonchev–Trinajstić information content (AvgIpc) is 2.28. The number of aliphatic carboxylic acids is 1. The second-order valence-electron chi connectivity index (χ2n) is 4.24. The van der Waals surface area contributed by atoms with Crippen molar-refractivity contribution < 1.29 is 9.90 Å². The Morgan fingerprint density at radius 3 is 2.72 bits per heavy atom. The molecule has 7 nitrogen and oxygen atoms in total. The van der Waals surface area contributed by atoms with Gasteiger partial charge in [-0.3, -0.25) is 4.79 Å². The predicted octanol–water partition coefficient (Wildman–Crippen LogP) is -0.0291. The van der Waals surface area contributed by atoms with E-state index >= 15 is 0 Å². The molecule has 1 aromatic rings. The lowest BCUT2D eigenvalue weighted by atomic mass is 10.4. The van der Waals surface area contributed by atoms with Gasteiger partial charge in [-0.2, -0.15) is 0 Å². The highest BCUT2D eigenvalue weighted by Crippen LogP contribution is 2.11. The Morgan fingerprint density at radius 1 is 1.39 bits per heavy atom. The maximum absolute atomic E-state index is 10.6. The lowest BCUT2D eigenvalue weighted by molar-refractivity contribution is -0.135. The number of hydrogen-bond donors (Lipinski definition) is 2. The van der Waals surface area contributed by atoms with E-state index in [0.717, 1.165) is 13.1 Å². The van der Waals surface area contributed by atoms with E-state index in [-0.39, 0.29) is 6.54 Å². The number of carboxylic acids is 1. The van der Waals surface area contributed by atoms with Crippen molar-refractivity contribution in [2.75, 3.05) is 51.0 Å². The van der Waals surface area contributed by atoms with E-state index in [9.17, 15) is 4.79 Å². The number of carbonyl (C=O) groups is 1. The third-order valence-electron chi connectivity index (χ3n) is 2.28. The van der Waals surface area contributed by atoms with Crippen molar-refractivity contribution >= 4 is 17.6 Å². The van der Waals surface area contributed by atoms with E-state index in [0.29, 0.717) is 11.6 Å². The molecule has 0 saturated heterocycles. The number of carboxylic acid groups (broad SMARTS) is 1. The summed E-state index contributed by atoms with van der Waals surface area (Å²) in [4.78, 5) is 22.3. The molecule has 0 unspecified atom stereocenters. The number of hydrogen-bond acceptors (Lipinski definition) is 6. The first-order valence-corrected chi connectivity index (χ1v) is 5.62. The largest absolute Gasteiger partial charge is 0.480 e. The van der Waals surface area contributed by atoms with Crippen LogP contribution in [0.4, 0.5) is 11.6 Å². The van der Waals surface area contributed by atoms with E-state index in [2.05, 4.69) is 20.2 Å². The monoisotopic (exact) mass is 253 g/mol. The van der Waals surface area contributed by atoms with Gasteiger partial charge in [0.25, 0.3) is 0 Å². The van der Waals surface area contributed by atoms with Gasteiger partial charge in [0.2, 0.25) is 0 Å². The molecule has 0 aromatic carbocycles. The van der Waals surface area contributed by atoms with Gasteiger partial charge in [0.05, 0.1) is 0 Å². The van der Waals surface area contributed by atoms with E-state index in [1.54, 1.807) is 18.0 Å². The van der Waals surface area contributed by atoms with Crippen LogP contribution in [-0.2, 0) is 4.79 Å². The SMILES string of the molecule is CN(C)CCNc1cc(N(C)CC(=O)O)ncn1. The lowest BCUT2D eigenvalue weighted by Crippen LogP contribution is -2.26. The van der Waals surface area contributed by atoms with Gasteiger partial charge in [-0.05, 0) is 14.1 Å². The Bertz CT molecular complexity index is 397. The Kier molecular flexibility index (Phi) is 5.31. The fraction of sp³-hybridized carbons (Fsp3) is 0.545. The molecule has 0 bridgehead atoms. The summed E-state index contributed by atoms with van der Waals surface area (Å²) in [7, 11) is 5.67. The number of nitrogens with one attached hydrogen (secondary N) is 1. The second kappa shape index (κ2) is 6.75. The van der Waals surface area contributed by atoms with Crippen molar-refractivity contribution in [1.29, 1.82) is 0 Å². The first kappa shape index (κ1) is 14.2. The summed E-state index contributed by atoms with van der Waals surface area (Å²) in [5.74, 6) is 0.386. The molecular formula is C11H19N5O2. The zero-order valence-electron chi connectivity index (χ0n) is 10.9. The minimum atomic E-state index is -0.891.